The number of benzene rings is 1. The molecule has 3 nitrogen and oxygen atoms in total. The zero-order chi connectivity index (χ0) is 14.5. The van der Waals surface area contributed by atoms with Gasteiger partial charge in [0.15, 0.2) is 0 Å². The average Bonchev–Trinajstić information content (AvgIpc) is 2.37. The van der Waals surface area contributed by atoms with E-state index in [1.54, 1.807) is 12.1 Å². The van der Waals surface area contributed by atoms with E-state index in [4.69, 9.17) is 0 Å². The van der Waals surface area contributed by atoms with E-state index in [-0.39, 0.29) is 11.7 Å². The number of carbonyl (C=O) groups excluding carboxylic acids is 1. The lowest BCUT2D eigenvalue weighted by molar-refractivity contribution is 0.0936. The third-order valence-corrected chi connectivity index (χ3v) is 3.74. The average molecular weight is 278 g/mol. The number of likely N-dealkylation sites (tertiary alicyclic amines) is 1. The predicted molar refractivity (Wildman–Crippen MR) is 78.1 cm³/mol. The van der Waals surface area contributed by atoms with Crippen molar-refractivity contribution in [3.05, 3.63) is 35.6 Å². The predicted octanol–water partition coefficient (Wildman–Crippen LogP) is 2.53. The first-order valence-electron chi connectivity index (χ1n) is 7.30. The van der Waals surface area contributed by atoms with Crippen molar-refractivity contribution in [2.45, 2.75) is 20.3 Å². The van der Waals surface area contributed by atoms with Crippen molar-refractivity contribution in [2.24, 2.45) is 11.8 Å². The molecule has 0 unspecified atom stereocenters. The van der Waals surface area contributed by atoms with Crippen LogP contribution in [0.4, 0.5) is 4.39 Å². The second-order valence-electron chi connectivity index (χ2n) is 5.97. The van der Waals surface area contributed by atoms with Gasteiger partial charge in [0.05, 0.1) is 0 Å². The minimum Gasteiger partial charge on any atom is -0.351 e. The molecule has 2 atom stereocenters. The van der Waals surface area contributed by atoms with Crippen LogP contribution in [-0.2, 0) is 0 Å². The summed E-state index contributed by atoms with van der Waals surface area (Å²) in [6, 6.07) is 5.79. The number of nitrogens with zero attached hydrogens (tertiary/aromatic N) is 1. The van der Waals surface area contributed by atoms with E-state index >= 15 is 0 Å². The maximum Gasteiger partial charge on any atom is 0.251 e. The normalized spacial score (nSPS) is 23.6. The van der Waals surface area contributed by atoms with Gasteiger partial charge >= 0.3 is 0 Å². The molecule has 0 spiro atoms. The first-order valence-corrected chi connectivity index (χ1v) is 7.30. The van der Waals surface area contributed by atoms with Gasteiger partial charge in [0.1, 0.15) is 5.82 Å². The Labute approximate surface area is 120 Å². The highest BCUT2D eigenvalue weighted by Gasteiger charge is 2.21. The summed E-state index contributed by atoms with van der Waals surface area (Å²) < 4.78 is 13.0. The Kier molecular flexibility index (Phi) is 5.12. The van der Waals surface area contributed by atoms with E-state index < -0.39 is 0 Å². The highest BCUT2D eigenvalue weighted by molar-refractivity contribution is 5.94. The number of amides is 1. The summed E-state index contributed by atoms with van der Waals surface area (Å²) >= 11 is 0. The molecular weight excluding hydrogens is 255 g/mol. The third kappa shape index (κ3) is 4.30. The smallest absolute Gasteiger partial charge is 0.251 e. The quantitative estimate of drug-likeness (QED) is 0.918. The highest BCUT2D eigenvalue weighted by atomic mass is 19.1. The zero-order valence-corrected chi connectivity index (χ0v) is 12.2. The van der Waals surface area contributed by atoms with Gasteiger partial charge in [-0.3, -0.25) is 4.79 Å². The molecule has 1 heterocycles. The molecule has 1 amide bonds. The molecule has 110 valence electrons. The van der Waals surface area contributed by atoms with Crippen LogP contribution in [0.25, 0.3) is 0 Å². The second kappa shape index (κ2) is 6.84. The Balaban J connectivity index is 1.77. The van der Waals surface area contributed by atoms with E-state index in [0.29, 0.717) is 12.1 Å². The fourth-order valence-electron chi connectivity index (χ4n) is 3.03. The Morgan fingerprint density at radius 1 is 1.35 bits per heavy atom. The number of halogens is 1. The molecule has 1 saturated heterocycles. The van der Waals surface area contributed by atoms with Gasteiger partial charge in [0.25, 0.3) is 5.91 Å². The SMILES string of the molecule is C[C@H]1C[C@H](C)CN(CCNC(=O)c2cccc(F)c2)C1. The molecule has 1 aliphatic heterocycles. The lowest BCUT2D eigenvalue weighted by Crippen LogP contribution is -2.42. The van der Waals surface area contributed by atoms with Crippen molar-refractivity contribution < 1.29 is 9.18 Å². The molecule has 2 rings (SSSR count). The van der Waals surface area contributed by atoms with Crippen LogP contribution in [0.5, 0.6) is 0 Å². The Hall–Kier alpha value is -1.42. The molecule has 0 radical (unpaired) electrons. The molecule has 1 aromatic carbocycles. The van der Waals surface area contributed by atoms with Crippen molar-refractivity contribution in [1.82, 2.24) is 10.2 Å². The van der Waals surface area contributed by atoms with Crippen LogP contribution in [-0.4, -0.2) is 37.0 Å². The van der Waals surface area contributed by atoms with E-state index in [9.17, 15) is 9.18 Å². The zero-order valence-electron chi connectivity index (χ0n) is 12.2. The molecule has 1 aromatic rings. The Bertz CT molecular complexity index is 454. The molecule has 0 aliphatic carbocycles. The number of piperidine rings is 1. The molecule has 0 bridgehead atoms. The van der Waals surface area contributed by atoms with Crippen LogP contribution in [0.2, 0.25) is 0 Å². The number of carbonyl (C=O) groups is 1. The van der Waals surface area contributed by atoms with Crippen LogP contribution in [0.1, 0.15) is 30.6 Å². The second-order valence-corrected chi connectivity index (χ2v) is 5.97. The number of nitrogens with one attached hydrogen (secondary N) is 1. The molecule has 20 heavy (non-hydrogen) atoms. The van der Waals surface area contributed by atoms with Gasteiger partial charge in [0, 0.05) is 31.7 Å². The van der Waals surface area contributed by atoms with Crippen molar-refractivity contribution in [1.29, 1.82) is 0 Å². The van der Waals surface area contributed by atoms with Gasteiger partial charge in [-0.1, -0.05) is 19.9 Å². The summed E-state index contributed by atoms with van der Waals surface area (Å²) in [6.07, 6.45) is 1.28. The molecular formula is C16H23FN2O. The fourth-order valence-corrected chi connectivity index (χ4v) is 3.03. The number of hydrogen-bond acceptors (Lipinski definition) is 2. The van der Waals surface area contributed by atoms with Crippen molar-refractivity contribution in [2.75, 3.05) is 26.2 Å². The van der Waals surface area contributed by atoms with Gasteiger partial charge in [-0.25, -0.2) is 4.39 Å². The lowest BCUT2D eigenvalue weighted by atomic mass is 9.92. The van der Waals surface area contributed by atoms with Gasteiger partial charge in [-0.05, 0) is 36.5 Å². The third-order valence-electron chi connectivity index (χ3n) is 3.74. The molecule has 0 saturated carbocycles. The van der Waals surface area contributed by atoms with Crippen LogP contribution in [0, 0.1) is 17.7 Å². The van der Waals surface area contributed by atoms with Gasteiger partial charge in [-0.2, -0.15) is 0 Å². The van der Waals surface area contributed by atoms with E-state index in [2.05, 4.69) is 24.1 Å². The molecule has 0 aromatic heterocycles. The van der Waals surface area contributed by atoms with E-state index in [1.165, 1.54) is 18.6 Å². The first-order chi connectivity index (χ1) is 9.54. The topological polar surface area (TPSA) is 32.3 Å². The van der Waals surface area contributed by atoms with Gasteiger partial charge in [-0.15, -0.1) is 0 Å². The summed E-state index contributed by atoms with van der Waals surface area (Å²) in [5.74, 6) is 0.856. The van der Waals surface area contributed by atoms with E-state index in [0.717, 1.165) is 31.5 Å². The summed E-state index contributed by atoms with van der Waals surface area (Å²) in [5, 5.41) is 2.86. The van der Waals surface area contributed by atoms with Crippen LogP contribution in [0.15, 0.2) is 24.3 Å². The van der Waals surface area contributed by atoms with Crippen molar-refractivity contribution in [3.63, 3.8) is 0 Å². The number of hydrogen-bond donors (Lipinski definition) is 1. The minimum atomic E-state index is -0.378. The standard InChI is InChI=1S/C16H23FN2O/c1-12-8-13(2)11-19(10-12)7-6-18-16(20)14-4-3-5-15(17)9-14/h3-5,9,12-13H,6-8,10-11H2,1-2H3,(H,18,20)/t12-,13-/m0/s1. The Morgan fingerprint density at radius 3 is 2.70 bits per heavy atom. The summed E-state index contributed by atoms with van der Waals surface area (Å²) in [6.45, 7) is 8.20. The maximum atomic E-state index is 13.0. The molecule has 1 N–H and O–H groups in total. The molecule has 4 heteroatoms. The summed E-state index contributed by atoms with van der Waals surface area (Å²) in [5.41, 5.74) is 0.380. The van der Waals surface area contributed by atoms with Crippen molar-refractivity contribution in [3.8, 4) is 0 Å². The van der Waals surface area contributed by atoms with Crippen molar-refractivity contribution >= 4 is 5.91 Å². The van der Waals surface area contributed by atoms with Gasteiger partial charge in [0.2, 0.25) is 0 Å². The Morgan fingerprint density at radius 2 is 2.05 bits per heavy atom. The number of rotatable bonds is 4. The van der Waals surface area contributed by atoms with Crippen LogP contribution >= 0.6 is 0 Å². The summed E-state index contributed by atoms with van der Waals surface area (Å²) in [7, 11) is 0. The molecule has 1 fully saturated rings. The maximum absolute atomic E-state index is 13.0. The minimum absolute atomic E-state index is 0.206. The van der Waals surface area contributed by atoms with Gasteiger partial charge < -0.3 is 10.2 Å². The first kappa shape index (κ1) is 15.0. The highest BCUT2D eigenvalue weighted by Crippen LogP contribution is 2.20. The summed E-state index contributed by atoms with van der Waals surface area (Å²) in [4.78, 5) is 14.3. The largest absolute Gasteiger partial charge is 0.351 e. The molecule has 1 aliphatic rings. The van der Waals surface area contributed by atoms with Crippen LogP contribution in [0.3, 0.4) is 0 Å². The monoisotopic (exact) mass is 278 g/mol. The van der Waals surface area contributed by atoms with E-state index in [1.807, 2.05) is 0 Å². The fraction of sp³-hybridized carbons (Fsp3) is 0.562. The van der Waals surface area contributed by atoms with Crippen LogP contribution < -0.4 is 5.32 Å². The lowest BCUT2D eigenvalue weighted by Gasteiger charge is -2.34.